The highest BCUT2D eigenvalue weighted by Gasteiger charge is 2.28. The van der Waals surface area contributed by atoms with Crippen molar-refractivity contribution in [3.05, 3.63) is 124 Å². The normalized spacial score (nSPS) is 12.4. The molecule has 1 amide bonds. The minimum atomic E-state index is -0.711. The van der Waals surface area contributed by atoms with Crippen LogP contribution in [-0.2, 0) is 30.8 Å². The van der Waals surface area contributed by atoms with Crippen molar-refractivity contribution >= 4 is 11.5 Å². The van der Waals surface area contributed by atoms with Crippen LogP contribution in [0, 0.1) is 23.0 Å². The number of nitriles is 1. The first-order valence-corrected chi connectivity index (χ1v) is 11.8. The third-order valence-electron chi connectivity index (χ3n) is 6.63. The van der Waals surface area contributed by atoms with Crippen molar-refractivity contribution in [2.45, 2.75) is 33.0 Å². The zero-order valence-electron chi connectivity index (χ0n) is 20.2. The van der Waals surface area contributed by atoms with Crippen LogP contribution in [0.15, 0.2) is 78.6 Å². The van der Waals surface area contributed by atoms with E-state index in [-0.39, 0.29) is 24.6 Å². The summed E-state index contributed by atoms with van der Waals surface area (Å²) in [5, 5.41) is 17.3. The van der Waals surface area contributed by atoms with Crippen molar-refractivity contribution in [2.24, 2.45) is 0 Å². The van der Waals surface area contributed by atoms with Gasteiger partial charge in [-0.3, -0.25) is 4.79 Å². The van der Waals surface area contributed by atoms with Crippen LogP contribution in [0.4, 0.5) is 8.78 Å². The average Bonchev–Trinajstić information content (AvgIpc) is 3.48. The molecule has 184 valence electrons. The van der Waals surface area contributed by atoms with E-state index in [4.69, 9.17) is 5.26 Å². The van der Waals surface area contributed by atoms with Crippen molar-refractivity contribution in [3.63, 3.8) is 0 Å². The number of amides is 1. The number of rotatable bonds is 7. The molecule has 4 aromatic rings. The van der Waals surface area contributed by atoms with Crippen LogP contribution in [0.5, 0.6) is 0 Å². The monoisotopic (exact) mass is 495 g/mol. The number of aromatic nitrogens is 3. The summed E-state index contributed by atoms with van der Waals surface area (Å²) in [7, 11) is 0. The number of allylic oxidation sites excluding steroid dienone is 1. The fourth-order valence-electron chi connectivity index (χ4n) is 4.59. The first-order valence-electron chi connectivity index (χ1n) is 11.8. The molecule has 37 heavy (non-hydrogen) atoms. The van der Waals surface area contributed by atoms with E-state index in [9.17, 15) is 13.6 Å². The molecule has 0 unspecified atom stereocenters. The van der Waals surface area contributed by atoms with E-state index in [0.717, 1.165) is 28.3 Å². The van der Waals surface area contributed by atoms with Gasteiger partial charge < -0.3 is 9.47 Å². The Morgan fingerprint density at radius 2 is 1.86 bits per heavy atom. The molecule has 0 atom stereocenters. The van der Waals surface area contributed by atoms with E-state index in [1.54, 1.807) is 18.5 Å². The van der Waals surface area contributed by atoms with Gasteiger partial charge in [0.15, 0.2) is 5.82 Å². The van der Waals surface area contributed by atoms with Crippen molar-refractivity contribution in [3.8, 4) is 6.07 Å². The Morgan fingerprint density at radius 3 is 2.59 bits per heavy atom. The second-order valence-electron chi connectivity index (χ2n) is 9.02. The molecule has 0 saturated carbocycles. The summed E-state index contributed by atoms with van der Waals surface area (Å²) < 4.78 is 30.0. The second-order valence-corrected chi connectivity index (χ2v) is 9.02. The quantitative estimate of drug-likeness (QED) is 0.360. The summed E-state index contributed by atoms with van der Waals surface area (Å²) >= 11 is 0. The van der Waals surface area contributed by atoms with Crippen LogP contribution in [0.1, 0.15) is 40.6 Å². The maximum Gasteiger partial charge on any atom is 0.251 e. The van der Waals surface area contributed by atoms with E-state index in [1.807, 2.05) is 47.9 Å². The lowest BCUT2D eigenvalue weighted by Gasteiger charge is -2.24. The van der Waals surface area contributed by atoms with Crippen LogP contribution >= 0.6 is 0 Å². The van der Waals surface area contributed by atoms with Gasteiger partial charge in [-0.2, -0.15) is 5.26 Å². The number of nitrogens with zero attached hydrogens (tertiary/aromatic N) is 5. The average molecular weight is 496 g/mol. The molecular formula is C29H23F2N5O. The first kappa shape index (κ1) is 24.1. The molecule has 8 heteroatoms. The van der Waals surface area contributed by atoms with E-state index in [1.165, 1.54) is 17.0 Å². The molecule has 1 aliphatic carbocycles. The fraction of sp³-hybridized carbons (Fsp3) is 0.172. The highest BCUT2D eigenvalue weighted by Crippen LogP contribution is 2.34. The first-order chi connectivity index (χ1) is 17.9. The second kappa shape index (κ2) is 10.2. The number of halogens is 2. The van der Waals surface area contributed by atoms with Crippen molar-refractivity contribution in [1.29, 1.82) is 5.26 Å². The smallest absolute Gasteiger partial charge is 0.251 e. The van der Waals surface area contributed by atoms with Gasteiger partial charge >= 0.3 is 0 Å². The Hall–Kier alpha value is -4.64. The maximum absolute atomic E-state index is 14.6. The lowest BCUT2D eigenvalue weighted by molar-refractivity contribution is -0.128. The molecule has 0 fully saturated rings. The molecule has 0 aliphatic heterocycles. The Morgan fingerprint density at radius 1 is 1.08 bits per heavy atom. The number of hydrogen-bond acceptors (Lipinski definition) is 4. The van der Waals surface area contributed by atoms with E-state index in [0.29, 0.717) is 29.9 Å². The zero-order valence-corrected chi connectivity index (χ0v) is 20.2. The maximum atomic E-state index is 14.6. The summed E-state index contributed by atoms with van der Waals surface area (Å²) in [6, 6.07) is 20.5. The van der Waals surface area contributed by atoms with Crippen LogP contribution in [0.3, 0.4) is 0 Å². The highest BCUT2D eigenvalue weighted by atomic mass is 19.1. The highest BCUT2D eigenvalue weighted by molar-refractivity contribution is 6.03. The molecule has 0 spiro atoms. The van der Waals surface area contributed by atoms with Crippen LogP contribution < -0.4 is 0 Å². The fourth-order valence-corrected chi connectivity index (χ4v) is 4.59. The number of carbonyl (C=O) groups is 1. The predicted molar refractivity (Wildman–Crippen MR) is 134 cm³/mol. The summed E-state index contributed by atoms with van der Waals surface area (Å²) in [5.74, 6) is -1.09. The lowest BCUT2D eigenvalue weighted by Crippen LogP contribution is -2.33. The Labute approximate surface area is 213 Å². The minimum absolute atomic E-state index is 0.0538. The van der Waals surface area contributed by atoms with Crippen LogP contribution in [-0.4, -0.2) is 25.6 Å². The van der Waals surface area contributed by atoms with Gasteiger partial charge in [-0.15, -0.1) is 10.2 Å². The molecule has 5 rings (SSSR count). The minimum Gasteiger partial charge on any atom is -0.327 e. The van der Waals surface area contributed by atoms with Crippen LogP contribution in [0.25, 0.3) is 5.57 Å². The lowest BCUT2D eigenvalue weighted by atomic mass is 10.1. The van der Waals surface area contributed by atoms with Gasteiger partial charge in [0.25, 0.3) is 5.91 Å². The molecular weight excluding hydrogens is 472 g/mol. The number of carbonyl (C=O) groups excluding carboxylic acids is 1. The molecule has 3 aromatic carbocycles. The topological polar surface area (TPSA) is 74.8 Å². The van der Waals surface area contributed by atoms with Gasteiger partial charge in [0, 0.05) is 30.2 Å². The van der Waals surface area contributed by atoms with E-state index < -0.39 is 11.6 Å². The molecule has 1 aliphatic rings. The molecule has 1 aromatic heterocycles. The zero-order chi connectivity index (χ0) is 25.9. The van der Waals surface area contributed by atoms with Gasteiger partial charge in [-0.1, -0.05) is 42.5 Å². The molecule has 0 bridgehead atoms. The van der Waals surface area contributed by atoms with Gasteiger partial charge in [-0.25, -0.2) is 8.78 Å². The Bertz CT molecular complexity index is 1550. The summed E-state index contributed by atoms with van der Waals surface area (Å²) in [6.07, 6.45) is 2.06. The van der Waals surface area contributed by atoms with Crippen molar-refractivity contribution in [2.75, 3.05) is 0 Å². The summed E-state index contributed by atoms with van der Waals surface area (Å²) in [5.41, 5.74) is 5.34. The number of hydrogen-bond donors (Lipinski definition) is 0. The molecule has 0 N–H and O–H groups in total. The summed E-state index contributed by atoms with van der Waals surface area (Å²) in [4.78, 5) is 15.4. The van der Waals surface area contributed by atoms with Crippen molar-refractivity contribution in [1.82, 2.24) is 19.7 Å². The third kappa shape index (κ3) is 5.02. The van der Waals surface area contributed by atoms with E-state index in [2.05, 4.69) is 16.3 Å². The summed E-state index contributed by atoms with van der Waals surface area (Å²) in [6.45, 7) is 2.39. The van der Waals surface area contributed by atoms with Gasteiger partial charge in [-0.05, 0) is 47.4 Å². The van der Waals surface area contributed by atoms with Crippen LogP contribution in [0.2, 0.25) is 0 Å². The third-order valence-corrected chi connectivity index (χ3v) is 6.63. The SMILES string of the molecule is CC1=C(C(=O)N(Cc2ccc(F)cc2F)Cc2nncn2Cc2ccc(C#N)cc2)Cc2ccccc21. The van der Waals surface area contributed by atoms with E-state index >= 15 is 0 Å². The molecule has 0 saturated heterocycles. The van der Waals surface area contributed by atoms with Gasteiger partial charge in [0.05, 0.1) is 24.7 Å². The largest absolute Gasteiger partial charge is 0.327 e. The van der Waals surface area contributed by atoms with Gasteiger partial charge in [0.2, 0.25) is 0 Å². The van der Waals surface area contributed by atoms with Crippen molar-refractivity contribution < 1.29 is 13.6 Å². The Kier molecular flexibility index (Phi) is 6.60. The molecule has 1 heterocycles. The Balaban J connectivity index is 1.45. The molecule has 0 radical (unpaired) electrons. The number of benzene rings is 3. The molecule has 6 nitrogen and oxygen atoms in total. The van der Waals surface area contributed by atoms with Gasteiger partial charge in [0.1, 0.15) is 18.0 Å². The predicted octanol–water partition coefficient (Wildman–Crippen LogP) is 5.03. The standard InChI is InChI=1S/C29H23F2N5O/c1-19-25-5-3-2-4-22(25)12-26(19)29(37)35(16-23-10-11-24(30)13-27(23)31)17-28-34-33-18-36(28)15-21-8-6-20(14-32)7-9-21/h2-11,13,18H,12,15-17H2,1H3. The number of fused-ring (bicyclic) bond motifs is 1.